The van der Waals surface area contributed by atoms with Crippen LogP contribution in [0.2, 0.25) is 0 Å². The number of halogens is 1. The number of amides is 1. The van der Waals surface area contributed by atoms with E-state index in [1.807, 2.05) is 49.4 Å². The SMILES string of the molecule is Cc1ccc(Br)cc1NC(=O)C1Cc2ccccc2O1. The molecule has 1 heterocycles. The van der Waals surface area contributed by atoms with E-state index in [1.54, 1.807) is 0 Å². The van der Waals surface area contributed by atoms with Crippen LogP contribution in [0.3, 0.4) is 0 Å². The maximum absolute atomic E-state index is 12.3. The molecule has 1 aliphatic heterocycles. The lowest BCUT2D eigenvalue weighted by Crippen LogP contribution is -2.31. The lowest BCUT2D eigenvalue weighted by molar-refractivity contribution is -0.122. The third-order valence-corrected chi connectivity index (χ3v) is 3.89. The molecular formula is C16H14BrNO2. The molecule has 2 aromatic rings. The normalized spacial score (nSPS) is 16.4. The summed E-state index contributed by atoms with van der Waals surface area (Å²) >= 11 is 3.41. The van der Waals surface area contributed by atoms with Gasteiger partial charge in [0.05, 0.1) is 0 Å². The number of hydrogen-bond donors (Lipinski definition) is 1. The van der Waals surface area contributed by atoms with Crippen LogP contribution in [0.5, 0.6) is 5.75 Å². The topological polar surface area (TPSA) is 38.3 Å². The number of carbonyl (C=O) groups excluding carboxylic acids is 1. The molecule has 102 valence electrons. The molecule has 1 amide bonds. The van der Waals surface area contributed by atoms with Crippen molar-refractivity contribution in [3.05, 3.63) is 58.1 Å². The number of ether oxygens (including phenoxy) is 1. The molecule has 0 spiro atoms. The van der Waals surface area contributed by atoms with Gasteiger partial charge >= 0.3 is 0 Å². The molecule has 3 nitrogen and oxygen atoms in total. The molecule has 1 unspecified atom stereocenters. The standard InChI is InChI=1S/C16H14BrNO2/c1-10-6-7-12(17)9-13(10)18-16(19)15-8-11-4-2-3-5-14(11)20-15/h2-7,9,15H,8H2,1H3,(H,18,19). The van der Waals surface area contributed by atoms with Gasteiger partial charge in [0.2, 0.25) is 0 Å². The highest BCUT2D eigenvalue weighted by Gasteiger charge is 2.28. The van der Waals surface area contributed by atoms with Gasteiger partial charge in [-0.05, 0) is 36.2 Å². The Balaban J connectivity index is 1.74. The maximum atomic E-state index is 12.3. The van der Waals surface area contributed by atoms with Crippen LogP contribution < -0.4 is 10.1 Å². The highest BCUT2D eigenvalue weighted by atomic mass is 79.9. The molecule has 0 fully saturated rings. The number of aryl methyl sites for hydroxylation is 1. The van der Waals surface area contributed by atoms with Crippen LogP contribution in [0.4, 0.5) is 5.69 Å². The smallest absolute Gasteiger partial charge is 0.265 e. The summed E-state index contributed by atoms with van der Waals surface area (Å²) in [5, 5.41) is 2.93. The second kappa shape index (κ2) is 5.29. The number of hydrogen-bond acceptors (Lipinski definition) is 2. The average molecular weight is 332 g/mol. The monoisotopic (exact) mass is 331 g/mol. The second-order valence-corrected chi connectivity index (χ2v) is 5.78. The Bertz CT molecular complexity index is 644. The minimum Gasteiger partial charge on any atom is -0.480 e. The Morgan fingerprint density at radius 2 is 2.10 bits per heavy atom. The summed E-state index contributed by atoms with van der Waals surface area (Å²) in [6, 6.07) is 13.6. The Hall–Kier alpha value is -1.81. The fourth-order valence-corrected chi connectivity index (χ4v) is 2.63. The van der Waals surface area contributed by atoms with Gasteiger partial charge in [-0.25, -0.2) is 0 Å². The number of fused-ring (bicyclic) bond motifs is 1. The first-order valence-corrected chi connectivity index (χ1v) is 7.24. The number of para-hydroxylation sites is 1. The van der Waals surface area contributed by atoms with Gasteiger partial charge in [0.1, 0.15) is 5.75 Å². The first kappa shape index (κ1) is 13.2. The molecule has 20 heavy (non-hydrogen) atoms. The second-order valence-electron chi connectivity index (χ2n) is 4.87. The van der Waals surface area contributed by atoms with Crippen LogP contribution >= 0.6 is 15.9 Å². The molecule has 1 N–H and O–H groups in total. The minimum absolute atomic E-state index is 0.109. The first-order valence-electron chi connectivity index (χ1n) is 6.45. The lowest BCUT2D eigenvalue weighted by Gasteiger charge is -2.13. The van der Waals surface area contributed by atoms with Crippen molar-refractivity contribution in [2.45, 2.75) is 19.4 Å². The zero-order chi connectivity index (χ0) is 14.1. The molecular weight excluding hydrogens is 318 g/mol. The Kier molecular flexibility index (Phi) is 3.49. The number of carbonyl (C=O) groups is 1. The molecule has 0 radical (unpaired) electrons. The zero-order valence-electron chi connectivity index (χ0n) is 11.0. The lowest BCUT2D eigenvalue weighted by atomic mass is 10.1. The number of nitrogens with one attached hydrogen (secondary N) is 1. The van der Waals surface area contributed by atoms with Crippen LogP contribution in [0.15, 0.2) is 46.9 Å². The Morgan fingerprint density at radius 3 is 2.90 bits per heavy atom. The van der Waals surface area contributed by atoms with E-state index in [9.17, 15) is 4.79 Å². The summed E-state index contributed by atoms with van der Waals surface area (Å²) < 4.78 is 6.63. The summed E-state index contributed by atoms with van der Waals surface area (Å²) in [5.74, 6) is 0.695. The summed E-state index contributed by atoms with van der Waals surface area (Å²) in [7, 11) is 0. The molecule has 3 rings (SSSR count). The highest BCUT2D eigenvalue weighted by molar-refractivity contribution is 9.10. The predicted octanol–water partition coefficient (Wildman–Crippen LogP) is 3.70. The first-order chi connectivity index (χ1) is 9.63. The molecule has 2 aromatic carbocycles. The molecule has 0 saturated heterocycles. The van der Waals surface area contributed by atoms with Gasteiger partial charge in [0.15, 0.2) is 6.10 Å². The van der Waals surface area contributed by atoms with Gasteiger partial charge in [-0.2, -0.15) is 0 Å². The van der Waals surface area contributed by atoms with Gasteiger partial charge in [0, 0.05) is 16.6 Å². The fourth-order valence-electron chi connectivity index (χ4n) is 2.27. The van der Waals surface area contributed by atoms with E-state index in [4.69, 9.17) is 4.74 Å². The van der Waals surface area contributed by atoms with Gasteiger partial charge in [-0.3, -0.25) is 4.79 Å². The van der Waals surface area contributed by atoms with Crippen molar-refractivity contribution in [3.63, 3.8) is 0 Å². The molecule has 0 aromatic heterocycles. The summed E-state index contributed by atoms with van der Waals surface area (Å²) in [6.45, 7) is 1.96. The van der Waals surface area contributed by atoms with Crippen molar-refractivity contribution >= 4 is 27.5 Å². The predicted molar refractivity (Wildman–Crippen MR) is 82.1 cm³/mol. The van der Waals surface area contributed by atoms with Crippen molar-refractivity contribution in [1.29, 1.82) is 0 Å². The quantitative estimate of drug-likeness (QED) is 0.911. The van der Waals surface area contributed by atoms with Crippen molar-refractivity contribution < 1.29 is 9.53 Å². The van der Waals surface area contributed by atoms with E-state index >= 15 is 0 Å². The summed E-state index contributed by atoms with van der Waals surface area (Å²) in [4.78, 5) is 12.3. The third-order valence-electron chi connectivity index (χ3n) is 3.40. The van der Waals surface area contributed by atoms with E-state index < -0.39 is 6.10 Å². The highest BCUT2D eigenvalue weighted by Crippen LogP contribution is 2.29. The Morgan fingerprint density at radius 1 is 1.30 bits per heavy atom. The molecule has 1 aliphatic rings. The van der Waals surface area contributed by atoms with E-state index in [-0.39, 0.29) is 5.91 Å². The van der Waals surface area contributed by atoms with Crippen molar-refractivity contribution in [3.8, 4) is 5.75 Å². The van der Waals surface area contributed by atoms with Gasteiger partial charge in [-0.1, -0.05) is 40.2 Å². The van der Waals surface area contributed by atoms with Crippen molar-refractivity contribution in [1.82, 2.24) is 0 Å². The van der Waals surface area contributed by atoms with Crippen LogP contribution in [0, 0.1) is 6.92 Å². The maximum Gasteiger partial charge on any atom is 0.265 e. The van der Waals surface area contributed by atoms with Crippen molar-refractivity contribution in [2.24, 2.45) is 0 Å². The van der Waals surface area contributed by atoms with E-state index in [0.29, 0.717) is 6.42 Å². The summed E-state index contributed by atoms with van der Waals surface area (Å²) in [6.07, 6.45) is 0.167. The summed E-state index contributed by atoms with van der Waals surface area (Å²) in [5.41, 5.74) is 2.92. The van der Waals surface area contributed by atoms with Gasteiger partial charge in [0.25, 0.3) is 5.91 Å². The van der Waals surface area contributed by atoms with Gasteiger partial charge < -0.3 is 10.1 Å². The van der Waals surface area contributed by atoms with Crippen LogP contribution in [-0.4, -0.2) is 12.0 Å². The number of anilines is 1. The fraction of sp³-hybridized carbons (Fsp3) is 0.188. The van der Waals surface area contributed by atoms with Gasteiger partial charge in [-0.15, -0.1) is 0 Å². The van der Waals surface area contributed by atoms with Crippen LogP contribution in [0.1, 0.15) is 11.1 Å². The largest absolute Gasteiger partial charge is 0.480 e. The molecule has 0 aliphatic carbocycles. The zero-order valence-corrected chi connectivity index (χ0v) is 12.6. The van der Waals surface area contributed by atoms with E-state index in [2.05, 4.69) is 21.2 Å². The number of rotatable bonds is 2. The van der Waals surface area contributed by atoms with E-state index in [0.717, 1.165) is 27.0 Å². The third kappa shape index (κ3) is 2.56. The molecule has 1 atom stereocenters. The average Bonchev–Trinajstić information content (AvgIpc) is 2.87. The molecule has 0 bridgehead atoms. The molecule has 0 saturated carbocycles. The van der Waals surface area contributed by atoms with Crippen molar-refractivity contribution in [2.75, 3.05) is 5.32 Å². The van der Waals surface area contributed by atoms with E-state index in [1.165, 1.54) is 0 Å². The molecule has 4 heteroatoms. The van der Waals surface area contributed by atoms with Crippen LogP contribution in [0.25, 0.3) is 0 Å². The Labute approximate surface area is 126 Å². The van der Waals surface area contributed by atoms with Crippen LogP contribution in [-0.2, 0) is 11.2 Å². The minimum atomic E-state index is -0.453. The number of benzene rings is 2.